The van der Waals surface area contributed by atoms with Gasteiger partial charge in [-0.05, 0) is 43.5 Å². The van der Waals surface area contributed by atoms with Crippen molar-refractivity contribution in [1.29, 1.82) is 0 Å². The molecule has 3 aromatic carbocycles. The normalized spacial score (nSPS) is 16.7. The molecule has 158 valence electrons. The number of para-hydroxylation sites is 1. The van der Waals surface area contributed by atoms with Crippen LogP contribution in [-0.2, 0) is 20.9 Å². The summed E-state index contributed by atoms with van der Waals surface area (Å²) in [5, 5.41) is 0. The van der Waals surface area contributed by atoms with Crippen LogP contribution in [0.4, 0.5) is 5.69 Å². The fraction of sp³-hybridized carbons (Fsp3) is 0.259. The molecule has 0 aliphatic carbocycles. The number of hydrogen-bond donors (Lipinski definition) is 0. The maximum Gasteiger partial charge on any atom is 0.315 e. The third-order valence-corrected chi connectivity index (χ3v) is 5.43. The first-order valence-electron chi connectivity index (χ1n) is 10.6. The molecule has 1 amide bonds. The molecule has 0 bridgehead atoms. The molecule has 1 heterocycles. The van der Waals surface area contributed by atoms with E-state index in [1.807, 2.05) is 106 Å². The minimum Gasteiger partial charge on any atom is -0.459 e. The topological polar surface area (TPSA) is 46.6 Å². The predicted molar refractivity (Wildman–Crippen MR) is 122 cm³/mol. The van der Waals surface area contributed by atoms with Gasteiger partial charge >= 0.3 is 5.97 Å². The number of nitrogens with zero attached hydrogens (tertiary/aromatic N) is 1. The Bertz CT molecular complexity index is 1070. The maximum atomic E-state index is 13.8. The van der Waals surface area contributed by atoms with Crippen LogP contribution in [0.25, 0.3) is 0 Å². The molecule has 0 radical (unpaired) electrons. The van der Waals surface area contributed by atoms with Crippen LogP contribution in [-0.4, -0.2) is 17.5 Å². The summed E-state index contributed by atoms with van der Waals surface area (Å²) >= 11 is 0. The maximum absolute atomic E-state index is 13.8. The zero-order valence-corrected chi connectivity index (χ0v) is 18.1. The molecule has 3 aromatic rings. The zero-order chi connectivity index (χ0) is 22.0. The average Bonchev–Trinajstić information content (AvgIpc) is 3.01. The quantitative estimate of drug-likeness (QED) is 0.523. The van der Waals surface area contributed by atoms with E-state index in [9.17, 15) is 9.59 Å². The fourth-order valence-corrected chi connectivity index (χ4v) is 4.16. The van der Waals surface area contributed by atoms with E-state index < -0.39 is 17.4 Å². The van der Waals surface area contributed by atoms with Crippen LogP contribution >= 0.6 is 0 Å². The van der Waals surface area contributed by atoms with E-state index >= 15 is 0 Å². The van der Waals surface area contributed by atoms with Crippen molar-refractivity contribution in [2.24, 2.45) is 0 Å². The zero-order valence-electron chi connectivity index (χ0n) is 18.1. The van der Waals surface area contributed by atoms with Crippen LogP contribution in [0.2, 0.25) is 0 Å². The highest BCUT2D eigenvalue weighted by Gasteiger charge is 2.46. The molecule has 0 aromatic heterocycles. The monoisotopic (exact) mass is 413 g/mol. The highest BCUT2D eigenvalue weighted by molar-refractivity contribution is 6.08. The van der Waals surface area contributed by atoms with Crippen LogP contribution in [0.3, 0.4) is 0 Å². The van der Waals surface area contributed by atoms with Crippen LogP contribution in [0.5, 0.6) is 0 Å². The van der Waals surface area contributed by atoms with Crippen molar-refractivity contribution in [2.45, 2.75) is 44.8 Å². The van der Waals surface area contributed by atoms with Gasteiger partial charge in [0.15, 0.2) is 0 Å². The van der Waals surface area contributed by atoms with Crippen molar-refractivity contribution in [2.75, 3.05) is 4.90 Å². The number of rotatable bonds is 5. The minimum absolute atomic E-state index is 0.0789. The molecule has 4 heteroatoms. The Hall–Kier alpha value is -3.40. The third-order valence-electron chi connectivity index (χ3n) is 5.43. The van der Waals surface area contributed by atoms with Gasteiger partial charge < -0.3 is 9.64 Å². The van der Waals surface area contributed by atoms with Crippen LogP contribution in [0.1, 0.15) is 49.3 Å². The van der Waals surface area contributed by atoms with Gasteiger partial charge in [-0.15, -0.1) is 0 Å². The Morgan fingerprint density at radius 2 is 1.48 bits per heavy atom. The Morgan fingerprint density at radius 3 is 2.13 bits per heavy atom. The van der Waals surface area contributed by atoms with E-state index in [2.05, 4.69) is 0 Å². The number of carbonyl (C=O) groups is 2. The molecule has 0 spiro atoms. The summed E-state index contributed by atoms with van der Waals surface area (Å²) in [6.07, 6.45) is 0. The summed E-state index contributed by atoms with van der Waals surface area (Å²) in [6, 6.07) is 27.1. The van der Waals surface area contributed by atoms with Crippen LogP contribution < -0.4 is 4.90 Å². The van der Waals surface area contributed by atoms with Gasteiger partial charge in [-0.1, -0.05) is 78.9 Å². The lowest BCUT2D eigenvalue weighted by Gasteiger charge is -2.27. The number of hydrogen-bond acceptors (Lipinski definition) is 3. The predicted octanol–water partition coefficient (Wildman–Crippen LogP) is 5.44. The number of esters is 1. The van der Waals surface area contributed by atoms with Gasteiger partial charge in [0.2, 0.25) is 5.91 Å². The molecule has 0 fully saturated rings. The Morgan fingerprint density at radius 1 is 0.903 bits per heavy atom. The molecule has 2 unspecified atom stereocenters. The van der Waals surface area contributed by atoms with Crippen molar-refractivity contribution in [1.82, 2.24) is 0 Å². The molecule has 4 nitrogen and oxygen atoms in total. The lowest BCUT2D eigenvalue weighted by atomic mass is 9.82. The molecule has 0 N–H and O–H groups in total. The van der Waals surface area contributed by atoms with Gasteiger partial charge in [0.25, 0.3) is 0 Å². The van der Waals surface area contributed by atoms with Gasteiger partial charge in [0.05, 0.1) is 18.4 Å². The molecular formula is C27H27NO3. The summed E-state index contributed by atoms with van der Waals surface area (Å²) < 4.78 is 5.77. The summed E-state index contributed by atoms with van der Waals surface area (Å²) in [6.45, 7) is 6.00. The van der Waals surface area contributed by atoms with E-state index in [-0.39, 0.29) is 11.9 Å². The van der Waals surface area contributed by atoms with Gasteiger partial charge in [-0.25, -0.2) is 0 Å². The SMILES string of the molecule is CC(C)(C)OC(=O)C(c1ccccc1)C1C(=O)N(Cc2ccccc2)c2ccccc21. The van der Waals surface area contributed by atoms with Crippen LogP contribution in [0, 0.1) is 0 Å². The number of fused-ring (bicyclic) bond motifs is 1. The first kappa shape index (κ1) is 20.9. The van der Waals surface area contributed by atoms with Gasteiger partial charge in [-0.3, -0.25) is 9.59 Å². The largest absolute Gasteiger partial charge is 0.459 e. The van der Waals surface area contributed by atoms with E-state index in [4.69, 9.17) is 4.74 Å². The summed E-state index contributed by atoms with van der Waals surface area (Å²) in [7, 11) is 0. The lowest BCUT2D eigenvalue weighted by molar-refractivity contribution is -0.158. The molecule has 2 atom stereocenters. The average molecular weight is 414 g/mol. The molecule has 1 aliphatic rings. The van der Waals surface area contributed by atoms with Gasteiger partial charge in [-0.2, -0.15) is 0 Å². The number of amides is 1. The number of ether oxygens (including phenoxy) is 1. The fourth-order valence-electron chi connectivity index (χ4n) is 4.16. The smallest absolute Gasteiger partial charge is 0.315 e. The van der Waals surface area contributed by atoms with Crippen molar-refractivity contribution in [3.8, 4) is 0 Å². The molecule has 0 saturated heterocycles. The Labute approximate surface area is 183 Å². The van der Waals surface area contributed by atoms with Crippen molar-refractivity contribution >= 4 is 17.6 Å². The lowest BCUT2D eigenvalue weighted by Crippen LogP contribution is -2.35. The molecule has 4 rings (SSSR count). The second kappa shape index (κ2) is 8.38. The highest BCUT2D eigenvalue weighted by atomic mass is 16.6. The first-order valence-corrected chi connectivity index (χ1v) is 10.6. The molecule has 1 aliphatic heterocycles. The summed E-state index contributed by atoms with van der Waals surface area (Å²) in [5.74, 6) is -1.80. The summed E-state index contributed by atoms with van der Waals surface area (Å²) in [4.78, 5) is 28.9. The molecular weight excluding hydrogens is 386 g/mol. The standard InChI is InChI=1S/C27H27NO3/c1-27(2,3)31-26(30)23(20-14-8-5-9-15-20)24-21-16-10-11-17-22(21)28(25(24)29)18-19-12-6-4-7-13-19/h4-17,23-24H,18H2,1-3H3. The second-order valence-electron chi connectivity index (χ2n) is 8.87. The third kappa shape index (κ3) is 4.38. The van der Waals surface area contributed by atoms with E-state index in [1.165, 1.54) is 0 Å². The number of benzene rings is 3. The number of carbonyl (C=O) groups excluding carboxylic acids is 2. The van der Waals surface area contributed by atoms with Gasteiger partial charge in [0, 0.05) is 5.69 Å². The molecule has 0 saturated carbocycles. The van der Waals surface area contributed by atoms with E-state index in [0.29, 0.717) is 6.54 Å². The van der Waals surface area contributed by atoms with Crippen LogP contribution in [0.15, 0.2) is 84.9 Å². The Balaban J connectivity index is 1.78. The second-order valence-corrected chi connectivity index (χ2v) is 8.87. The minimum atomic E-state index is -0.713. The van der Waals surface area contributed by atoms with Crippen molar-refractivity contribution in [3.63, 3.8) is 0 Å². The first-order chi connectivity index (χ1) is 14.8. The van der Waals surface area contributed by atoms with Gasteiger partial charge in [0.1, 0.15) is 5.60 Å². The van der Waals surface area contributed by atoms with E-state index in [0.717, 1.165) is 22.4 Å². The Kier molecular flexibility index (Phi) is 5.64. The van der Waals surface area contributed by atoms with E-state index in [1.54, 1.807) is 4.90 Å². The van der Waals surface area contributed by atoms with Crippen molar-refractivity contribution in [3.05, 3.63) is 102 Å². The number of anilines is 1. The van der Waals surface area contributed by atoms with Crippen molar-refractivity contribution < 1.29 is 14.3 Å². The molecule has 31 heavy (non-hydrogen) atoms. The summed E-state index contributed by atoms with van der Waals surface area (Å²) in [5.41, 5.74) is 2.90. The highest BCUT2D eigenvalue weighted by Crippen LogP contribution is 2.46.